The van der Waals surface area contributed by atoms with Gasteiger partial charge in [0.2, 0.25) is 0 Å². The van der Waals surface area contributed by atoms with Gasteiger partial charge >= 0.3 is 0 Å². The second-order valence-electron chi connectivity index (χ2n) is 6.57. The van der Waals surface area contributed by atoms with E-state index in [1.54, 1.807) is 24.3 Å². The SMILES string of the molecule is Nc1cccc(C(=O)Nc2cccc(CS(=O)C3CCCCC3)c2)c1. The molecule has 0 aromatic heterocycles. The van der Waals surface area contributed by atoms with Crippen molar-refractivity contribution in [3.63, 3.8) is 0 Å². The van der Waals surface area contributed by atoms with Crippen LogP contribution in [0, 0.1) is 0 Å². The molecule has 25 heavy (non-hydrogen) atoms. The maximum Gasteiger partial charge on any atom is 0.255 e. The number of rotatable bonds is 5. The van der Waals surface area contributed by atoms with Gasteiger partial charge in [0.05, 0.1) is 0 Å². The molecule has 1 aliphatic carbocycles. The molecule has 2 aromatic carbocycles. The molecule has 3 rings (SSSR count). The van der Waals surface area contributed by atoms with E-state index in [9.17, 15) is 9.00 Å². The molecule has 132 valence electrons. The number of carbonyl (C=O) groups is 1. The molecule has 1 atom stereocenters. The molecule has 5 heteroatoms. The highest BCUT2D eigenvalue weighted by molar-refractivity contribution is 7.84. The number of anilines is 2. The van der Waals surface area contributed by atoms with Crippen LogP contribution in [0.4, 0.5) is 11.4 Å². The van der Waals surface area contributed by atoms with Crippen molar-refractivity contribution in [2.45, 2.75) is 43.1 Å². The predicted octanol–water partition coefficient (Wildman–Crippen LogP) is 4.10. The molecule has 0 aliphatic heterocycles. The first-order chi connectivity index (χ1) is 12.1. The Hall–Kier alpha value is -2.14. The minimum atomic E-state index is -0.847. The monoisotopic (exact) mass is 356 g/mol. The lowest BCUT2D eigenvalue weighted by Crippen LogP contribution is -2.20. The predicted molar refractivity (Wildman–Crippen MR) is 104 cm³/mol. The van der Waals surface area contributed by atoms with E-state index in [4.69, 9.17) is 5.73 Å². The minimum absolute atomic E-state index is 0.196. The van der Waals surface area contributed by atoms with Crippen molar-refractivity contribution in [2.24, 2.45) is 0 Å². The zero-order valence-corrected chi connectivity index (χ0v) is 15.1. The Morgan fingerprint density at radius 1 is 1.08 bits per heavy atom. The average molecular weight is 356 g/mol. The molecule has 1 saturated carbocycles. The number of carbonyl (C=O) groups excluding carboxylic acids is 1. The maximum absolute atomic E-state index is 12.6. The Bertz CT molecular complexity index is 770. The molecule has 0 saturated heterocycles. The average Bonchev–Trinajstić information content (AvgIpc) is 2.63. The standard InChI is InChI=1S/C20H24N2O2S/c21-17-8-5-7-16(13-17)20(23)22-18-9-4-6-15(12-18)14-25(24)19-10-2-1-3-11-19/h4-9,12-13,19H,1-3,10-11,14,21H2,(H,22,23). The van der Waals surface area contributed by atoms with Crippen LogP contribution in [0.3, 0.4) is 0 Å². The Balaban J connectivity index is 1.64. The summed E-state index contributed by atoms with van der Waals surface area (Å²) < 4.78 is 12.6. The number of hydrogen-bond donors (Lipinski definition) is 2. The van der Waals surface area contributed by atoms with Gasteiger partial charge in [0, 0.05) is 38.7 Å². The fraction of sp³-hybridized carbons (Fsp3) is 0.350. The second kappa shape index (κ2) is 8.30. The van der Waals surface area contributed by atoms with E-state index < -0.39 is 10.8 Å². The lowest BCUT2D eigenvalue weighted by Gasteiger charge is -2.21. The van der Waals surface area contributed by atoms with Crippen molar-refractivity contribution < 1.29 is 9.00 Å². The first kappa shape index (κ1) is 17.7. The molecular weight excluding hydrogens is 332 g/mol. The summed E-state index contributed by atoms with van der Waals surface area (Å²) in [5.41, 5.74) is 8.52. The van der Waals surface area contributed by atoms with Gasteiger partial charge in [-0.1, -0.05) is 37.5 Å². The van der Waals surface area contributed by atoms with Gasteiger partial charge in [0.1, 0.15) is 0 Å². The van der Waals surface area contributed by atoms with Crippen LogP contribution in [0.5, 0.6) is 0 Å². The molecule has 4 nitrogen and oxygen atoms in total. The summed E-state index contributed by atoms with van der Waals surface area (Å²) in [6.45, 7) is 0. The van der Waals surface area contributed by atoms with Crippen LogP contribution < -0.4 is 11.1 Å². The van der Waals surface area contributed by atoms with Crippen LogP contribution in [-0.2, 0) is 16.6 Å². The number of nitrogens with two attached hydrogens (primary N) is 1. The number of amides is 1. The third-order valence-electron chi connectivity index (χ3n) is 4.57. The van der Waals surface area contributed by atoms with Gasteiger partial charge in [-0.3, -0.25) is 9.00 Å². The number of hydrogen-bond acceptors (Lipinski definition) is 3. The quantitative estimate of drug-likeness (QED) is 0.792. The highest BCUT2D eigenvalue weighted by Crippen LogP contribution is 2.24. The molecule has 0 spiro atoms. The van der Waals surface area contributed by atoms with Gasteiger partial charge in [-0.25, -0.2) is 0 Å². The van der Waals surface area contributed by atoms with Crippen LogP contribution >= 0.6 is 0 Å². The fourth-order valence-electron chi connectivity index (χ4n) is 3.23. The molecule has 0 heterocycles. The van der Waals surface area contributed by atoms with Crippen molar-refractivity contribution in [1.82, 2.24) is 0 Å². The summed E-state index contributed by atoms with van der Waals surface area (Å²) in [5, 5.41) is 3.20. The van der Waals surface area contributed by atoms with Crippen LogP contribution in [-0.4, -0.2) is 15.4 Å². The third-order valence-corrected chi connectivity index (χ3v) is 6.40. The normalized spacial score (nSPS) is 16.3. The van der Waals surface area contributed by atoms with Gasteiger partial charge in [-0.15, -0.1) is 0 Å². The molecule has 1 amide bonds. The molecule has 1 fully saturated rings. The van der Waals surface area contributed by atoms with E-state index in [0.717, 1.165) is 18.4 Å². The molecular formula is C20H24N2O2S. The molecule has 1 unspecified atom stereocenters. The first-order valence-electron chi connectivity index (χ1n) is 8.75. The van der Waals surface area contributed by atoms with E-state index in [0.29, 0.717) is 27.9 Å². The van der Waals surface area contributed by atoms with Crippen LogP contribution in [0.15, 0.2) is 48.5 Å². The Kier molecular flexibility index (Phi) is 5.87. The van der Waals surface area contributed by atoms with Gasteiger partial charge in [0.25, 0.3) is 5.91 Å². The Labute approximate surface area is 151 Å². The summed E-state index contributed by atoms with van der Waals surface area (Å²) >= 11 is 0. The van der Waals surface area contributed by atoms with Gasteiger partial charge in [-0.05, 0) is 48.7 Å². The van der Waals surface area contributed by atoms with Crippen LogP contribution in [0.1, 0.15) is 48.0 Å². The van der Waals surface area contributed by atoms with Crippen molar-refractivity contribution in [3.05, 3.63) is 59.7 Å². The van der Waals surface area contributed by atoms with Crippen molar-refractivity contribution in [2.75, 3.05) is 11.1 Å². The van der Waals surface area contributed by atoms with Crippen LogP contribution in [0.2, 0.25) is 0 Å². The van der Waals surface area contributed by atoms with Crippen LogP contribution in [0.25, 0.3) is 0 Å². The van der Waals surface area contributed by atoms with Crippen molar-refractivity contribution in [1.29, 1.82) is 0 Å². The zero-order chi connectivity index (χ0) is 17.6. The van der Waals surface area contributed by atoms with E-state index in [1.807, 2.05) is 24.3 Å². The topological polar surface area (TPSA) is 72.2 Å². The molecule has 2 aromatic rings. The summed E-state index contributed by atoms with van der Waals surface area (Å²) in [5.74, 6) is 0.352. The second-order valence-corrected chi connectivity index (χ2v) is 8.28. The highest BCUT2D eigenvalue weighted by atomic mass is 32.2. The lowest BCUT2D eigenvalue weighted by atomic mass is 10.0. The zero-order valence-electron chi connectivity index (χ0n) is 14.2. The fourth-order valence-corrected chi connectivity index (χ4v) is 4.84. The van der Waals surface area contributed by atoms with Gasteiger partial charge in [0.15, 0.2) is 0 Å². The summed E-state index contributed by atoms with van der Waals surface area (Å²) in [7, 11) is -0.847. The molecule has 1 aliphatic rings. The Morgan fingerprint density at radius 2 is 1.84 bits per heavy atom. The number of nitrogen functional groups attached to an aromatic ring is 1. The number of nitrogens with one attached hydrogen (secondary N) is 1. The first-order valence-corrected chi connectivity index (χ1v) is 10.1. The minimum Gasteiger partial charge on any atom is -0.399 e. The molecule has 0 radical (unpaired) electrons. The maximum atomic E-state index is 12.6. The van der Waals surface area contributed by atoms with Crippen molar-refractivity contribution in [3.8, 4) is 0 Å². The largest absolute Gasteiger partial charge is 0.399 e. The summed E-state index contributed by atoms with van der Waals surface area (Å²) in [6, 6.07) is 14.5. The lowest BCUT2D eigenvalue weighted by molar-refractivity contribution is 0.102. The molecule has 3 N–H and O–H groups in total. The summed E-state index contributed by atoms with van der Waals surface area (Å²) in [4.78, 5) is 12.3. The van der Waals surface area contributed by atoms with Gasteiger partial charge in [-0.2, -0.15) is 0 Å². The van der Waals surface area contributed by atoms with E-state index in [-0.39, 0.29) is 5.91 Å². The van der Waals surface area contributed by atoms with E-state index >= 15 is 0 Å². The highest BCUT2D eigenvalue weighted by Gasteiger charge is 2.20. The van der Waals surface area contributed by atoms with Gasteiger partial charge < -0.3 is 11.1 Å². The number of benzene rings is 2. The smallest absolute Gasteiger partial charge is 0.255 e. The van der Waals surface area contributed by atoms with E-state index in [2.05, 4.69) is 5.32 Å². The van der Waals surface area contributed by atoms with Crippen molar-refractivity contribution >= 4 is 28.1 Å². The Morgan fingerprint density at radius 3 is 2.60 bits per heavy atom. The summed E-state index contributed by atoms with van der Waals surface area (Å²) in [6.07, 6.45) is 5.77. The molecule has 0 bridgehead atoms. The third kappa shape index (κ3) is 4.92. The van der Waals surface area contributed by atoms with E-state index in [1.165, 1.54) is 19.3 Å².